The minimum Gasteiger partial charge on any atom is -0.493 e. The Morgan fingerprint density at radius 3 is 2.44 bits per heavy atom. The first-order chi connectivity index (χ1) is 13.2. The maximum Gasteiger partial charge on any atom is 0.257 e. The maximum atomic E-state index is 12.4. The van der Waals surface area contributed by atoms with Gasteiger partial charge >= 0.3 is 0 Å². The number of pyridine rings is 2. The molecule has 0 saturated heterocycles. The first kappa shape index (κ1) is 18.2. The number of amides is 1. The highest BCUT2D eigenvalue weighted by Crippen LogP contribution is 2.29. The van der Waals surface area contributed by atoms with Crippen molar-refractivity contribution in [3.8, 4) is 11.5 Å². The number of hydrogen-bond acceptors (Lipinski definition) is 6. The fourth-order valence-corrected chi connectivity index (χ4v) is 2.44. The molecular weight excluding hydrogens is 344 g/mol. The Morgan fingerprint density at radius 2 is 1.78 bits per heavy atom. The van der Waals surface area contributed by atoms with Crippen LogP contribution in [0.1, 0.15) is 15.9 Å². The zero-order valence-corrected chi connectivity index (χ0v) is 15.1. The predicted octanol–water partition coefficient (Wildman–Crippen LogP) is 3.36. The molecule has 2 N–H and O–H groups in total. The van der Waals surface area contributed by atoms with Crippen molar-refractivity contribution < 1.29 is 14.3 Å². The van der Waals surface area contributed by atoms with Gasteiger partial charge in [0.15, 0.2) is 11.5 Å². The second kappa shape index (κ2) is 8.66. The van der Waals surface area contributed by atoms with Gasteiger partial charge in [0.2, 0.25) is 0 Å². The summed E-state index contributed by atoms with van der Waals surface area (Å²) in [5.41, 5.74) is 2.17. The van der Waals surface area contributed by atoms with E-state index >= 15 is 0 Å². The molecule has 0 saturated carbocycles. The summed E-state index contributed by atoms with van der Waals surface area (Å²) in [6.45, 7) is 0.632. The predicted molar refractivity (Wildman–Crippen MR) is 103 cm³/mol. The number of ether oxygens (including phenoxy) is 2. The highest BCUT2D eigenvalue weighted by atomic mass is 16.5. The topological polar surface area (TPSA) is 85.4 Å². The molecule has 0 unspecified atom stereocenters. The molecule has 0 bridgehead atoms. The van der Waals surface area contributed by atoms with Crippen LogP contribution in [0.5, 0.6) is 11.5 Å². The minimum absolute atomic E-state index is 0.254. The van der Waals surface area contributed by atoms with Gasteiger partial charge in [-0.1, -0.05) is 0 Å². The number of anilines is 2. The molecule has 7 heteroatoms. The lowest BCUT2D eigenvalue weighted by atomic mass is 10.2. The molecule has 3 aromatic rings. The van der Waals surface area contributed by atoms with Gasteiger partial charge in [-0.05, 0) is 42.0 Å². The lowest BCUT2D eigenvalue weighted by Crippen LogP contribution is -2.12. The number of hydrogen-bond donors (Lipinski definition) is 2. The minimum atomic E-state index is -0.254. The number of nitrogens with zero attached hydrogens (tertiary/aromatic N) is 2. The molecule has 2 heterocycles. The van der Waals surface area contributed by atoms with Crippen LogP contribution in [-0.4, -0.2) is 30.1 Å². The third kappa shape index (κ3) is 4.72. The van der Waals surface area contributed by atoms with Crippen molar-refractivity contribution in [2.45, 2.75) is 6.54 Å². The van der Waals surface area contributed by atoms with E-state index < -0.39 is 0 Å². The molecule has 138 valence electrons. The Hall–Kier alpha value is -3.61. The maximum absolute atomic E-state index is 12.4. The average Bonchev–Trinajstić information content (AvgIpc) is 2.73. The highest BCUT2D eigenvalue weighted by Gasteiger charge is 2.10. The van der Waals surface area contributed by atoms with Gasteiger partial charge in [-0.2, -0.15) is 0 Å². The average molecular weight is 364 g/mol. The standard InChI is InChI=1S/C20H20N4O3/c1-26-17-5-4-16(11-18(17)27-2)24-20(25)15-3-6-19(23-13-15)22-12-14-7-9-21-10-8-14/h3-11,13H,12H2,1-2H3,(H,22,23)(H,24,25). The highest BCUT2D eigenvalue weighted by molar-refractivity contribution is 6.04. The zero-order valence-electron chi connectivity index (χ0n) is 15.1. The second-order valence-electron chi connectivity index (χ2n) is 5.67. The molecule has 0 fully saturated rings. The Morgan fingerprint density at radius 1 is 1.00 bits per heavy atom. The van der Waals surface area contributed by atoms with Gasteiger partial charge in [-0.15, -0.1) is 0 Å². The number of benzene rings is 1. The normalized spacial score (nSPS) is 10.1. The van der Waals surface area contributed by atoms with Gasteiger partial charge in [-0.25, -0.2) is 4.98 Å². The molecule has 0 aliphatic heterocycles. The van der Waals surface area contributed by atoms with E-state index in [-0.39, 0.29) is 5.91 Å². The van der Waals surface area contributed by atoms with Crippen LogP contribution in [-0.2, 0) is 6.54 Å². The summed E-state index contributed by atoms with van der Waals surface area (Å²) in [5, 5.41) is 6.02. The lowest BCUT2D eigenvalue weighted by molar-refractivity contribution is 0.102. The number of methoxy groups -OCH3 is 2. The van der Waals surface area contributed by atoms with E-state index in [4.69, 9.17) is 9.47 Å². The van der Waals surface area contributed by atoms with Gasteiger partial charge in [0.25, 0.3) is 5.91 Å². The molecule has 1 amide bonds. The molecule has 2 aromatic heterocycles. The molecule has 1 aromatic carbocycles. The number of nitrogens with one attached hydrogen (secondary N) is 2. The van der Waals surface area contributed by atoms with Crippen molar-refractivity contribution in [1.82, 2.24) is 9.97 Å². The summed E-state index contributed by atoms with van der Waals surface area (Å²) in [7, 11) is 3.11. The lowest BCUT2D eigenvalue weighted by Gasteiger charge is -2.11. The molecule has 0 radical (unpaired) electrons. The summed E-state index contributed by atoms with van der Waals surface area (Å²) in [4.78, 5) is 20.7. The quantitative estimate of drug-likeness (QED) is 0.669. The van der Waals surface area contributed by atoms with E-state index in [2.05, 4.69) is 20.6 Å². The molecule has 0 spiro atoms. The van der Waals surface area contributed by atoms with Gasteiger partial charge in [0.1, 0.15) is 5.82 Å². The van der Waals surface area contributed by atoms with Crippen LogP contribution in [0.15, 0.2) is 61.1 Å². The SMILES string of the molecule is COc1ccc(NC(=O)c2ccc(NCc3ccncc3)nc2)cc1OC. The van der Waals surface area contributed by atoms with Crippen molar-refractivity contribution in [3.05, 3.63) is 72.2 Å². The van der Waals surface area contributed by atoms with Crippen LogP contribution in [0.4, 0.5) is 11.5 Å². The van der Waals surface area contributed by atoms with Crippen LogP contribution in [0.2, 0.25) is 0 Å². The van der Waals surface area contributed by atoms with Crippen molar-refractivity contribution in [3.63, 3.8) is 0 Å². The molecule has 3 rings (SSSR count). The molecule has 0 aliphatic carbocycles. The van der Waals surface area contributed by atoms with Crippen LogP contribution in [0.3, 0.4) is 0 Å². The van der Waals surface area contributed by atoms with Crippen molar-refractivity contribution in [2.75, 3.05) is 24.9 Å². The van der Waals surface area contributed by atoms with Crippen LogP contribution in [0, 0.1) is 0 Å². The van der Waals surface area contributed by atoms with Crippen LogP contribution < -0.4 is 20.1 Å². The number of rotatable bonds is 7. The smallest absolute Gasteiger partial charge is 0.257 e. The van der Waals surface area contributed by atoms with Crippen molar-refractivity contribution in [1.29, 1.82) is 0 Å². The fraction of sp³-hybridized carbons (Fsp3) is 0.150. The zero-order chi connectivity index (χ0) is 19.1. The van der Waals surface area contributed by atoms with Gasteiger partial charge in [0, 0.05) is 36.9 Å². The Kier molecular flexibility index (Phi) is 5.84. The number of carbonyl (C=O) groups excluding carboxylic acids is 1. The van der Waals surface area contributed by atoms with Crippen molar-refractivity contribution >= 4 is 17.4 Å². The Labute approximate surface area is 157 Å². The largest absolute Gasteiger partial charge is 0.493 e. The van der Waals surface area contributed by atoms with Gasteiger partial charge < -0.3 is 20.1 Å². The monoisotopic (exact) mass is 364 g/mol. The van der Waals surface area contributed by atoms with Crippen LogP contribution >= 0.6 is 0 Å². The molecule has 0 aliphatic rings. The third-order valence-electron chi connectivity index (χ3n) is 3.89. The van der Waals surface area contributed by atoms with Crippen molar-refractivity contribution in [2.24, 2.45) is 0 Å². The van der Waals surface area contributed by atoms with Crippen LogP contribution in [0.25, 0.3) is 0 Å². The molecule has 0 atom stereocenters. The molecule has 7 nitrogen and oxygen atoms in total. The second-order valence-corrected chi connectivity index (χ2v) is 5.67. The van der Waals surface area contributed by atoms with E-state index in [1.165, 1.54) is 6.20 Å². The first-order valence-corrected chi connectivity index (χ1v) is 8.32. The van der Waals surface area contributed by atoms with E-state index in [1.807, 2.05) is 12.1 Å². The first-order valence-electron chi connectivity index (χ1n) is 8.32. The summed E-state index contributed by atoms with van der Waals surface area (Å²) in [6.07, 6.45) is 5.02. The summed E-state index contributed by atoms with van der Waals surface area (Å²) in [5.74, 6) is 1.58. The molecular formula is C20H20N4O3. The summed E-state index contributed by atoms with van der Waals surface area (Å²) in [6, 6.07) is 12.5. The van der Waals surface area contributed by atoms with Gasteiger partial charge in [0.05, 0.1) is 19.8 Å². The van der Waals surface area contributed by atoms with E-state index in [0.717, 1.165) is 5.56 Å². The van der Waals surface area contributed by atoms with Gasteiger partial charge in [-0.3, -0.25) is 9.78 Å². The number of aromatic nitrogens is 2. The Balaban J connectivity index is 1.62. The molecule has 27 heavy (non-hydrogen) atoms. The fourth-order valence-electron chi connectivity index (χ4n) is 2.44. The summed E-state index contributed by atoms with van der Waals surface area (Å²) >= 11 is 0. The third-order valence-corrected chi connectivity index (χ3v) is 3.89. The summed E-state index contributed by atoms with van der Waals surface area (Å²) < 4.78 is 10.4. The van der Waals surface area contributed by atoms with E-state index in [1.54, 1.807) is 56.9 Å². The number of carbonyl (C=O) groups is 1. The van der Waals surface area contributed by atoms with E-state index in [0.29, 0.717) is 35.1 Å². The van der Waals surface area contributed by atoms with E-state index in [9.17, 15) is 4.79 Å². The Bertz CT molecular complexity index is 899.